The van der Waals surface area contributed by atoms with Crippen LogP contribution in [0.3, 0.4) is 0 Å². The second-order valence-corrected chi connectivity index (χ2v) is 9.24. The Bertz CT molecular complexity index is 1140. The number of nitrogens with zero attached hydrogens (tertiary/aromatic N) is 1. The molecule has 39 heavy (non-hydrogen) atoms. The lowest BCUT2D eigenvalue weighted by Crippen LogP contribution is -2.55. The van der Waals surface area contributed by atoms with Gasteiger partial charge in [-0.25, -0.2) is 4.79 Å². The molecule has 0 saturated heterocycles. The molecule has 4 N–H and O–H groups in total. The number of esters is 1. The Morgan fingerprint density at radius 2 is 1.62 bits per heavy atom. The molecule has 0 heterocycles. The van der Waals surface area contributed by atoms with E-state index in [9.17, 15) is 29.3 Å². The number of nitrogens with one attached hydrogen (secondary N) is 2. The van der Waals surface area contributed by atoms with E-state index < -0.39 is 46.8 Å². The average molecular weight is 543 g/mol. The Morgan fingerprint density at radius 1 is 0.974 bits per heavy atom. The number of amides is 3. The fraction of sp³-hybridized carbons (Fsp3) is 0.407. The minimum Gasteiger partial charge on any atom is -0.466 e. The van der Waals surface area contributed by atoms with E-state index >= 15 is 0 Å². The lowest BCUT2D eigenvalue weighted by atomic mass is 9.87. The topological polar surface area (TPSA) is 180 Å². The van der Waals surface area contributed by atoms with Crippen molar-refractivity contribution in [2.75, 3.05) is 6.61 Å². The van der Waals surface area contributed by atoms with E-state index in [0.29, 0.717) is 5.56 Å². The molecule has 0 saturated carbocycles. The van der Waals surface area contributed by atoms with Gasteiger partial charge < -0.3 is 25.8 Å². The fourth-order valence-corrected chi connectivity index (χ4v) is 3.90. The van der Waals surface area contributed by atoms with Crippen LogP contribution in [0.5, 0.6) is 0 Å². The molecule has 0 bridgehead atoms. The summed E-state index contributed by atoms with van der Waals surface area (Å²) in [6, 6.07) is 11.7. The third-order valence-corrected chi connectivity index (χ3v) is 5.76. The zero-order chi connectivity index (χ0) is 28.9. The summed E-state index contributed by atoms with van der Waals surface area (Å²) in [5.41, 5.74) is 6.56. The summed E-state index contributed by atoms with van der Waals surface area (Å²) < 4.78 is 10.3. The Hall–Kier alpha value is -4.48. The van der Waals surface area contributed by atoms with Crippen molar-refractivity contribution in [1.29, 1.82) is 0 Å². The van der Waals surface area contributed by atoms with Crippen LogP contribution in [-0.4, -0.2) is 47.5 Å². The van der Waals surface area contributed by atoms with Crippen LogP contribution in [-0.2, 0) is 30.5 Å². The van der Waals surface area contributed by atoms with E-state index in [4.69, 9.17) is 15.2 Å². The molecule has 12 nitrogen and oxygen atoms in total. The van der Waals surface area contributed by atoms with Gasteiger partial charge in [0.15, 0.2) is 0 Å². The first-order chi connectivity index (χ1) is 18.5. The van der Waals surface area contributed by atoms with Crippen LogP contribution in [0.2, 0.25) is 0 Å². The quantitative estimate of drug-likeness (QED) is 0.185. The molecular formula is C27H34N4O8. The standard InChI is InChI=1S/C27H34N4O8/c1-4-38-23(32)15-21(19-10-12-20(13-11-19)31(36)37)24(25(28)33)30-26(34)22(14-17(2)3)29-27(35)39-16-18-8-6-5-7-9-18/h5-13,17,21-22,24H,4,14-16H2,1-3H3,(H2,28,33)(H,29,35)(H,30,34)/t21-,22-,24-/m0/s1. The van der Waals surface area contributed by atoms with Crippen molar-refractivity contribution in [3.8, 4) is 0 Å². The first-order valence-corrected chi connectivity index (χ1v) is 12.5. The number of hydrogen-bond donors (Lipinski definition) is 3. The zero-order valence-electron chi connectivity index (χ0n) is 22.1. The van der Waals surface area contributed by atoms with Gasteiger partial charge in [0.05, 0.1) is 18.0 Å². The van der Waals surface area contributed by atoms with Gasteiger partial charge in [0.1, 0.15) is 18.7 Å². The molecule has 0 fully saturated rings. The third kappa shape index (κ3) is 10.1. The summed E-state index contributed by atoms with van der Waals surface area (Å²) in [5.74, 6) is -3.31. The number of ether oxygens (including phenoxy) is 2. The third-order valence-electron chi connectivity index (χ3n) is 5.76. The van der Waals surface area contributed by atoms with Crippen LogP contribution < -0.4 is 16.4 Å². The SMILES string of the molecule is CCOC(=O)C[C@@H](c1ccc([N+](=O)[O-])cc1)[C@H](NC(=O)[C@H](CC(C)C)NC(=O)OCc1ccccc1)C(N)=O. The fourth-order valence-electron chi connectivity index (χ4n) is 3.90. The molecule has 0 aliphatic heterocycles. The van der Waals surface area contributed by atoms with Gasteiger partial charge in [-0.15, -0.1) is 0 Å². The Kier molecular flexibility index (Phi) is 11.9. The maximum atomic E-state index is 13.3. The minimum absolute atomic E-state index is 0.00560. The van der Waals surface area contributed by atoms with Crippen molar-refractivity contribution >= 4 is 29.6 Å². The molecule has 0 aliphatic rings. The summed E-state index contributed by atoms with van der Waals surface area (Å²) in [6.45, 7) is 5.40. The monoisotopic (exact) mass is 542 g/mol. The molecule has 0 spiro atoms. The molecule has 210 valence electrons. The van der Waals surface area contributed by atoms with Crippen molar-refractivity contribution in [3.63, 3.8) is 0 Å². The predicted octanol–water partition coefficient (Wildman–Crippen LogP) is 2.94. The van der Waals surface area contributed by atoms with Gasteiger partial charge in [0.25, 0.3) is 5.69 Å². The van der Waals surface area contributed by atoms with Crippen molar-refractivity contribution < 1.29 is 33.6 Å². The van der Waals surface area contributed by atoms with Gasteiger partial charge in [-0.3, -0.25) is 24.5 Å². The van der Waals surface area contributed by atoms with E-state index in [2.05, 4.69) is 10.6 Å². The lowest BCUT2D eigenvalue weighted by molar-refractivity contribution is -0.384. The summed E-state index contributed by atoms with van der Waals surface area (Å²) in [5, 5.41) is 16.2. The average Bonchev–Trinajstić information content (AvgIpc) is 2.89. The number of carbonyl (C=O) groups is 4. The Balaban J connectivity index is 2.25. The van der Waals surface area contributed by atoms with Gasteiger partial charge >= 0.3 is 12.1 Å². The lowest BCUT2D eigenvalue weighted by Gasteiger charge is -2.28. The van der Waals surface area contributed by atoms with E-state index in [0.717, 1.165) is 5.56 Å². The van der Waals surface area contributed by atoms with Gasteiger partial charge in [-0.05, 0) is 30.4 Å². The number of nitro groups is 1. The van der Waals surface area contributed by atoms with Crippen LogP contribution in [0, 0.1) is 16.0 Å². The highest BCUT2D eigenvalue weighted by atomic mass is 16.6. The number of hydrogen-bond acceptors (Lipinski definition) is 8. The van der Waals surface area contributed by atoms with Gasteiger partial charge in [0.2, 0.25) is 11.8 Å². The molecule has 0 unspecified atom stereocenters. The van der Waals surface area contributed by atoms with Crippen molar-refractivity contribution in [2.45, 2.75) is 58.2 Å². The molecular weight excluding hydrogens is 508 g/mol. The highest BCUT2D eigenvalue weighted by Gasteiger charge is 2.34. The van der Waals surface area contributed by atoms with Crippen LogP contribution in [0.4, 0.5) is 10.5 Å². The highest BCUT2D eigenvalue weighted by Crippen LogP contribution is 2.27. The number of non-ortho nitro benzene ring substituents is 1. The Morgan fingerprint density at radius 3 is 2.15 bits per heavy atom. The van der Waals surface area contributed by atoms with Gasteiger partial charge in [0, 0.05) is 18.1 Å². The van der Waals surface area contributed by atoms with Crippen LogP contribution in [0.25, 0.3) is 0 Å². The molecule has 2 aromatic carbocycles. The van der Waals surface area contributed by atoms with Crippen LogP contribution in [0.15, 0.2) is 54.6 Å². The molecule has 3 atom stereocenters. The maximum Gasteiger partial charge on any atom is 0.408 e. The maximum absolute atomic E-state index is 13.3. The van der Waals surface area contributed by atoms with Crippen molar-refractivity contribution in [2.24, 2.45) is 11.7 Å². The smallest absolute Gasteiger partial charge is 0.408 e. The largest absolute Gasteiger partial charge is 0.466 e. The minimum atomic E-state index is -1.39. The predicted molar refractivity (Wildman–Crippen MR) is 141 cm³/mol. The molecule has 12 heteroatoms. The first-order valence-electron chi connectivity index (χ1n) is 12.5. The second kappa shape index (κ2) is 15.1. The van der Waals surface area contributed by atoms with E-state index in [1.54, 1.807) is 31.2 Å². The van der Waals surface area contributed by atoms with Crippen LogP contribution in [0.1, 0.15) is 50.7 Å². The number of nitro benzene ring substituents is 1. The van der Waals surface area contributed by atoms with E-state index in [-0.39, 0.29) is 37.7 Å². The number of rotatable bonds is 14. The molecule has 2 rings (SSSR count). The molecule has 0 radical (unpaired) electrons. The molecule has 0 aromatic heterocycles. The van der Waals surface area contributed by atoms with E-state index in [1.807, 2.05) is 19.9 Å². The summed E-state index contributed by atoms with van der Waals surface area (Å²) in [6.07, 6.45) is -0.938. The highest BCUT2D eigenvalue weighted by molar-refractivity contribution is 5.91. The number of nitrogens with two attached hydrogens (primary N) is 1. The van der Waals surface area contributed by atoms with Gasteiger partial charge in [-0.1, -0.05) is 56.3 Å². The Labute approximate surface area is 226 Å². The summed E-state index contributed by atoms with van der Waals surface area (Å²) in [7, 11) is 0. The molecule has 3 amide bonds. The normalized spacial score (nSPS) is 13.0. The number of primary amides is 1. The van der Waals surface area contributed by atoms with Crippen LogP contribution >= 0.6 is 0 Å². The first kappa shape index (κ1) is 30.7. The van der Waals surface area contributed by atoms with E-state index in [1.165, 1.54) is 24.3 Å². The summed E-state index contributed by atoms with van der Waals surface area (Å²) in [4.78, 5) is 61.1. The summed E-state index contributed by atoms with van der Waals surface area (Å²) >= 11 is 0. The molecule has 2 aromatic rings. The van der Waals surface area contributed by atoms with Crippen molar-refractivity contribution in [3.05, 3.63) is 75.8 Å². The van der Waals surface area contributed by atoms with Crippen molar-refractivity contribution in [1.82, 2.24) is 10.6 Å². The molecule has 0 aliphatic carbocycles. The number of benzene rings is 2. The number of carbonyl (C=O) groups excluding carboxylic acids is 4. The second-order valence-electron chi connectivity index (χ2n) is 9.24. The van der Waals surface area contributed by atoms with Gasteiger partial charge in [-0.2, -0.15) is 0 Å². The zero-order valence-corrected chi connectivity index (χ0v) is 22.1. The number of alkyl carbamates (subject to hydrolysis) is 1.